The maximum atomic E-state index is 11.7. The van der Waals surface area contributed by atoms with E-state index >= 15 is 0 Å². The Labute approximate surface area is 131 Å². The minimum Gasteiger partial charge on any atom is -0.387 e. The third-order valence-corrected chi connectivity index (χ3v) is 5.52. The van der Waals surface area contributed by atoms with Gasteiger partial charge in [-0.1, -0.05) is 0 Å². The van der Waals surface area contributed by atoms with Crippen molar-refractivity contribution in [2.24, 2.45) is 0 Å². The normalized spacial score (nSPS) is 29.1. The molecule has 2 heterocycles. The van der Waals surface area contributed by atoms with Gasteiger partial charge >= 0.3 is 5.69 Å². The van der Waals surface area contributed by atoms with Gasteiger partial charge < -0.3 is 34.2 Å². The second kappa shape index (κ2) is 7.89. The number of aliphatic hydroxyl groups excluding tert-OH is 2. The summed E-state index contributed by atoms with van der Waals surface area (Å²) in [5.41, 5.74) is -1.43. The molecule has 6 N–H and O–H groups in total. The SMILES string of the molecule is O=c1ccn(C2OC(COP(O)CP(O)O)C(O)C2O)c(=O)[nH]1. The van der Waals surface area contributed by atoms with Crippen molar-refractivity contribution in [3.63, 3.8) is 0 Å². The lowest BCUT2D eigenvalue weighted by atomic mass is 10.1. The zero-order valence-corrected chi connectivity index (χ0v) is 13.4. The quantitative estimate of drug-likeness (QED) is 0.302. The highest BCUT2D eigenvalue weighted by atomic mass is 31.2. The standard InChI is InChI=1S/C10H16N2O9P2/c13-6-1-2-12(10(16)11-6)9-8(15)7(14)5(21-9)3-20-23(19)4-22(17)18/h1-2,5,7-9,14-15,17-19H,3-4H2,(H,11,13,16). The molecule has 0 aliphatic carbocycles. The molecule has 5 atom stereocenters. The molecule has 0 spiro atoms. The molecule has 13 heteroatoms. The maximum absolute atomic E-state index is 11.7. The fraction of sp³-hybridized carbons (Fsp3) is 0.600. The van der Waals surface area contributed by atoms with Crippen LogP contribution in [0.15, 0.2) is 21.9 Å². The van der Waals surface area contributed by atoms with Gasteiger partial charge in [-0.05, 0) is 0 Å². The summed E-state index contributed by atoms with van der Waals surface area (Å²) < 4.78 is 11.2. The molecule has 23 heavy (non-hydrogen) atoms. The van der Waals surface area contributed by atoms with Crippen LogP contribution in [0.2, 0.25) is 0 Å². The van der Waals surface area contributed by atoms with E-state index in [1.54, 1.807) is 0 Å². The first kappa shape index (κ1) is 18.6. The molecule has 1 aliphatic rings. The molecule has 1 fully saturated rings. The summed E-state index contributed by atoms with van der Waals surface area (Å²) in [6.07, 6.45) is -4.01. The largest absolute Gasteiger partial charge is 0.387 e. The van der Waals surface area contributed by atoms with Gasteiger partial charge in [-0.3, -0.25) is 14.3 Å². The summed E-state index contributed by atoms with van der Waals surface area (Å²) in [5.74, 6) is -0.334. The van der Waals surface area contributed by atoms with Crippen molar-refractivity contribution < 1.29 is 34.2 Å². The van der Waals surface area contributed by atoms with Crippen molar-refractivity contribution in [2.75, 3.05) is 12.5 Å². The molecule has 0 bridgehead atoms. The molecular formula is C10H16N2O9P2. The van der Waals surface area contributed by atoms with Crippen LogP contribution < -0.4 is 11.2 Å². The number of ether oxygens (including phenoxy) is 1. The van der Waals surface area contributed by atoms with E-state index in [-0.39, 0.29) is 12.5 Å². The number of aliphatic hydroxyl groups is 2. The van der Waals surface area contributed by atoms with Gasteiger partial charge in [0.1, 0.15) is 18.3 Å². The number of aromatic amines is 1. The first-order valence-corrected chi connectivity index (χ1v) is 9.20. The molecule has 0 amide bonds. The predicted octanol–water partition coefficient (Wildman–Crippen LogP) is -2.27. The Morgan fingerprint density at radius 2 is 1.96 bits per heavy atom. The molecule has 1 aromatic heterocycles. The fourth-order valence-electron chi connectivity index (χ4n) is 2.03. The number of rotatable bonds is 6. The fourth-order valence-corrected chi connectivity index (χ4v) is 3.54. The van der Waals surface area contributed by atoms with E-state index in [0.29, 0.717) is 0 Å². The minimum atomic E-state index is -2.31. The van der Waals surface area contributed by atoms with E-state index in [1.165, 1.54) is 0 Å². The Kier molecular flexibility index (Phi) is 6.38. The molecule has 2 rings (SSSR count). The van der Waals surface area contributed by atoms with Gasteiger partial charge in [0, 0.05) is 12.3 Å². The van der Waals surface area contributed by atoms with Crippen LogP contribution in [-0.2, 0) is 9.26 Å². The highest BCUT2D eigenvalue weighted by Crippen LogP contribution is 2.44. The van der Waals surface area contributed by atoms with E-state index in [4.69, 9.17) is 19.0 Å². The molecule has 0 saturated carbocycles. The number of nitrogens with one attached hydrogen (secondary N) is 1. The number of nitrogens with zero attached hydrogens (tertiary/aromatic N) is 1. The number of hydrogen-bond donors (Lipinski definition) is 6. The Hall–Kier alpha value is -0.740. The molecule has 130 valence electrons. The van der Waals surface area contributed by atoms with Gasteiger partial charge in [0.15, 0.2) is 23.0 Å². The van der Waals surface area contributed by atoms with Crippen molar-refractivity contribution >= 4 is 16.8 Å². The zero-order chi connectivity index (χ0) is 17.1. The summed E-state index contributed by atoms with van der Waals surface area (Å²) in [6.45, 7) is -0.321. The Morgan fingerprint density at radius 1 is 1.26 bits per heavy atom. The van der Waals surface area contributed by atoms with Gasteiger partial charge in [-0.2, -0.15) is 0 Å². The summed E-state index contributed by atoms with van der Waals surface area (Å²) >= 11 is 0. The lowest BCUT2D eigenvalue weighted by molar-refractivity contribution is -0.0513. The molecule has 0 aromatic carbocycles. The lowest BCUT2D eigenvalue weighted by Gasteiger charge is -2.17. The Morgan fingerprint density at radius 3 is 2.57 bits per heavy atom. The smallest absolute Gasteiger partial charge is 0.330 e. The molecule has 1 aliphatic heterocycles. The van der Waals surface area contributed by atoms with Crippen LogP contribution in [0.3, 0.4) is 0 Å². The van der Waals surface area contributed by atoms with Gasteiger partial charge in [-0.15, -0.1) is 0 Å². The van der Waals surface area contributed by atoms with Crippen LogP contribution in [-0.4, -0.2) is 65.3 Å². The van der Waals surface area contributed by atoms with Crippen LogP contribution in [0.4, 0.5) is 0 Å². The van der Waals surface area contributed by atoms with E-state index in [0.717, 1.165) is 16.8 Å². The van der Waals surface area contributed by atoms with Gasteiger partial charge in [-0.25, -0.2) is 4.79 Å². The van der Waals surface area contributed by atoms with Crippen molar-refractivity contribution in [3.05, 3.63) is 33.1 Å². The highest BCUT2D eigenvalue weighted by Gasteiger charge is 2.44. The third kappa shape index (κ3) is 4.63. The predicted molar refractivity (Wildman–Crippen MR) is 78.6 cm³/mol. The monoisotopic (exact) mass is 370 g/mol. The summed E-state index contributed by atoms with van der Waals surface area (Å²) in [5, 5.41) is 19.9. The van der Waals surface area contributed by atoms with Crippen molar-refractivity contribution in [3.8, 4) is 0 Å². The molecule has 5 unspecified atom stereocenters. The van der Waals surface area contributed by atoms with E-state index in [9.17, 15) is 24.7 Å². The van der Waals surface area contributed by atoms with Crippen LogP contribution in [0.5, 0.6) is 0 Å². The molecular weight excluding hydrogens is 354 g/mol. The minimum absolute atomic E-state index is 0.321. The summed E-state index contributed by atoms with van der Waals surface area (Å²) in [7, 11) is -4.42. The first-order chi connectivity index (χ1) is 10.8. The van der Waals surface area contributed by atoms with Gasteiger partial charge in [0.2, 0.25) is 0 Å². The summed E-state index contributed by atoms with van der Waals surface area (Å²) in [6, 6.07) is 1.06. The molecule has 1 saturated heterocycles. The topological polar surface area (TPSA) is 174 Å². The first-order valence-electron chi connectivity index (χ1n) is 6.37. The van der Waals surface area contributed by atoms with Crippen molar-refractivity contribution in [1.29, 1.82) is 0 Å². The average Bonchev–Trinajstić information content (AvgIpc) is 2.73. The van der Waals surface area contributed by atoms with E-state index in [1.807, 2.05) is 4.98 Å². The van der Waals surface area contributed by atoms with Crippen molar-refractivity contribution in [1.82, 2.24) is 9.55 Å². The molecule has 1 aromatic rings. The number of H-pyrrole nitrogens is 1. The van der Waals surface area contributed by atoms with E-state index in [2.05, 4.69) is 0 Å². The number of aromatic nitrogens is 2. The maximum Gasteiger partial charge on any atom is 0.330 e. The Balaban J connectivity index is 2.03. The van der Waals surface area contributed by atoms with Crippen molar-refractivity contribution in [2.45, 2.75) is 24.5 Å². The van der Waals surface area contributed by atoms with Gasteiger partial charge in [0.25, 0.3) is 5.56 Å². The molecule has 11 nitrogen and oxygen atoms in total. The number of hydrogen-bond acceptors (Lipinski definition) is 9. The zero-order valence-electron chi connectivity index (χ0n) is 11.6. The van der Waals surface area contributed by atoms with E-state index < -0.39 is 52.5 Å². The molecule has 0 radical (unpaired) electrons. The third-order valence-electron chi connectivity index (χ3n) is 3.10. The highest BCUT2D eigenvalue weighted by molar-refractivity contribution is 7.63. The van der Waals surface area contributed by atoms with Crippen LogP contribution in [0.1, 0.15) is 6.23 Å². The van der Waals surface area contributed by atoms with Gasteiger partial charge in [0.05, 0.1) is 12.5 Å². The Bertz CT molecular complexity index is 635. The van der Waals surface area contributed by atoms with Crippen LogP contribution in [0, 0.1) is 0 Å². The summed E-state index contributed by atoms with van der Waals surface area (Å²) in [4.78, 5) is 51.7. The second-order valence-electron chi connectivity index (χ2n) is 4.73. The van der Waals surface area contributed by atoms with Crippen LogP contribution in [0.25, 0.3) is 0 Å². The second-order valence-corrected chi connectivity index (χ2v) is 7.56. The van der Waals surface area contributed by atoms with Crippen LogP contribution >= 0.6 is 16.8 Å². The lowest BCUT2D eigenvalue weighted by Crippen LogP contribution is -2.37. The average molecular weight is 370 g/mol.